The van der Waals surface area contributed by atoms with Crippen molar-refractivity contribution < 1.29 is 19.1 Å². The fourth-order valence-electron chi connectivity index (χ4n) is 3.48. The van der Waals surface area contributed by atoms with Gasteiger partial charge in [0.15, 0.2) is 0 Å². The highest BCUT2D eigenvalue weighted by atomic mass is 16.6. The molecule has 1 N–H and O–H groups in total. The molecule has 0 saturated carbocycles. The average molecular weight is 378 g/mol. The van der Waals surface area contributed by atoms with Gasteiger partial charge in [0.1, 0.15) is 5.60 Å². The molecule has 1 aromatic rings. The Morgan fingerprint density at radius 2 is 2.00 bits per heavy atom. The number of nitrogens with zero attached hydrogens (tertiary/aromatic N) is 3. The van der Waals surface area contributed by atoms with Crippen LogP contribution >= 0.6 is 0 Å². The molecule has 1 aromatic heterocycles. The Kier molecular flexibility index (Phi) is 6.04. The van der Waals surface area contributed by atoms with Crippen molar-refractivity contribution in [2.45, 2.75) is 58.1 Å². The third-order valence-electron chi connectivity index (χ3n) is 4.88. The van der Waals surface area contributed by atoms with Crippen molar-refractivity contribution in [2.24, 2.45) is 5.92 Å². The van der Waals surface area contributed by atoms with Crippen molar-refractivity contribution in [3.8, 4) is 0 Å². The van der Waals surface area contributed by atoms with Gasteiger partial charge in [-0.2, -0.15) is 5.10 Å². The van der Waals surface area contributed by atoms with Crippen LogP contribution in [0.2, 0.25) is 0 Å². The molecule has 2 fully saturated rings. The second-order valence-corrected chi connectivity index (χ2v) is 8.31. The maximum Gasteiger partial charge on any atom is 0.410 e. The molecule has 1 atom stereocenters. The molecule has 0 spiro atoms. The van der Waals surface area contributed by atoms with E-state index < -0.39 is 5.60 Å². The Bertz CT molecular complexity index is 661. The fourth-order valence-corrected chi connectivity index (χ4v) is 3.48. The summed E-state index contributed by atoms with van der Waals surface area (Å²) in [6, 6.07) is 0.321. The first kappa shape index (κ1) is 19.7. The number of rotatable bonds is 3. The summed E-state index contributed by atoms with van der Waals surface area (Å²) >= 11 is 0. The molecular formula is C19H30N4O4. The van der Waals surface area contributed by atoms with Gasteiger partial charge in [0, 0.05) is 32.5 Å². The number of amides is 2. The highest BCUT2D eigenvalue weighted by molar-refractivity contribution is 5.92. The van der Waals surface area contributed by atoms with Gasteiger partial charge in [-0.3, -0.25) is 9.48 Å². The number of likely N-dealkylation sites (tertiary alicyclic amines) is 1. The van der Waals surface area contributed by atoms with Gasteiger partial charge in [-0.15, -0.1) is 0 Å². The van der Waals surface area contributed by atoms with E-state index in [9.17, 15) is 9.59 Å². The minimum absolute atomic E-state index is 0.0743. The van der Waals surface area contributed by atoms with E-state index in [1.54, 1.807) is 11.1 Å². The number of carbonyl (C=O) groups is 2. The van der Waals surface area contributed by atoms with Gasteiger partial charge in [-0.05, 0) is 46.5 Å². The second-order valence-electron chi connectivity index (χ2n) is 8.31. The highest BCUT2D eigenvalue weighted by Crippen LogP contribution is 2.23. The zero-order chi connectivity index (χ0) is 19.4. The first-order valence-corrected chi connectivity index (χ1v) is 9.72. The Labute approximate surface area is 160 Å². The summed E-state index contributed by atoms with van der Waals surface area (Å²) in [5, 5.41) is 7.33. The van der Waals surface area contributed by atoms with Gasteiger partial charge >= 0.3 is 6.09 Å². The molecule has 0 aliphatic carbocycles. The third-order valence-corrected chi connectivity index (χ3v) is 4.88. The molecule has 3 rings (SSSR count). The lowest BCUT2D eigenvalue weighted by Gasteiger charge is -2.33. The van der Waals surface area contributed by atoms with Crippen molar-refractivity contribution in [1.82, 2.24) is 14.7 Å². The molecule has 1 unspecified atom stereocenters. The summed E-state index contributed by atoms with van der Waals surface area (Å²) in [7, 11) is 0. The summed E-state index contributed by atoms with van der Waals surface area (Å²) < 4.78 is 12.7. The number of nitrogens with one attached hydrogen (secondary N) is 1. The first-order chi connectivity index (χ1) is 12.8. The molecule has 0 radical (unpaired) electrons. The number of aromatic nitrogens is 2. The zero-order valence-corrected chi connectivity index (χ0v) is 16.4. The molecule has 3 heterocycles. The minimum Gasteiger partial charge on any atom is -0.444 e. The van der Waals surface area contributed by atoms with Crippen LogP contribution in [0.1, 0.15) is 52.5 Å². The van der Waals surface area contributed by atoms with Crippen LogP contribution in [-0.2, 0) is 14.3 Å². The summed E-state index contributed by atoms with van der Waals surface area (Å²) in [4.78, 5) is 26.6. The maximum atomic E-state index is 12.7. The number of piperidine rings is 1. The molecule has 2 aliphatic heterocycles. The topological polar surface area (TPSA) is 85.7 Å². The Hall–Kier alpha value is -2.09. The molecule has 27 heavy (non-hydrogen) atoms. The Morgan fingerprint density at radius 1 is 1.26 bits per heavy atom. The van der Waals surface area contributed by atoms with E-state index in [1.807, 2.05) is 31.6 Å². The first-order valence-electron chi connectivity index (χ1n) is 9.72. The molecule has 2 saturated heterocycles. The van der Waals surface area contributed by atoms with E-state index in [-0.39, 0.29) is 17.9 Å². The van der Waals surface area contributed by atoms with Crippen molar-refractivity contribution >= 4 is 17.7 Å². The van der Waals surface area contributed by atoms with Gasteiger partial charge in [0.25, 0.3) is 0 Å². The largest absolute Gasteiger partial charge is 0.444 e. The number of hydrogen-bond donors (Lipinski definition) is 1. The van der Waals surface area contributed by atoms with E-state index in [4.69, 9.17) is 9.47 Å². The van der Waals surface area contributed by atoms with Crippen LogP contribution in [0.3, 0.4) is 0 Å². The van der Waals surface area contributed by atoms with Crippen molar-refractivity contribution in [1.29, 1.82) is 0 Å². The van der Waals surface area contributed by atoms with E-state index in [1.165, 1.54) is 0 Å². The monoisotopic (exact) mass is 378 g/mol. The van der Waals surface area contributed by atoms with E-state index in [2.05, 4.69) is 10.4 Å². The van der Waals surface area contributed by atoms with Crippen molar-refractivity contribution in [3.05, 3.63) is 12.4 Å². The van der Waals surface area contributed by atoms with Crippen molar-refractivity contribution in [2.75, 3.05) is 31.6 Å². The molecule has 2 amide bonds. The molecule has 0 bridgehead atoms. The summed E-state index contributed by atoms with van der Waals surface area (Å²) in [5.41, 5.74) is 0.159. The number of carbonyl (C=O) groups excluding carboxylic acids is 2. The molecule has 0 aromatic carbocycles. The molecule has 8 heteroatoms. The maximum absolute atomic E-state index is 12.7. The summed E-state index contributed by atoms with van der Waals surface area (Å²) in [6.45, 7) is 8.03. The highest BCUT2D eigenvalue weighted by Gasteiger charge is 2.31. The smallest absolute Gasteiger partial charge is 0.410 e. The standard InChI is InChI=1S/C19H30N4O4/c1-19(2,3)27-18(25)22-8-4-5-14(12-22)17(24)21-15-11-20-23(13-15)16-6-9-26-10-7-16/h11,13-14,16H,4-10,12H2,1-3H3,(H,21,24). The van der Waals surface area contributed by atoms with Crippen LogP contribution in [0.5, 0.6) is 0 Å². The Morgan fingerprint density at radius 3 is 2.70 bits per heavy atom. The lowest BCUT2D eigenvalue weighted by atomic mass is 9.97. The zero-order valence-electron chi connectivity index (χ0n) is 16.4. The minimum atomic E-state index is -0.537. The van der Waals surface area contributed by atoms with Gasteiger partial charge in [0.2, 0.25) is 5.91 Å². The van der Waals surface area contributed by atoms with Crippen LogP contribution in [-0.4, -0.2) is 58.6 Å². The number of hydrogen-bond acceptors (Lipinski definition) is 5. The van der Waals surface area contributed by atoms with Gasteiger partial charge in [-0.25, -0.2) is 4.79 Å². The number of anilines is 1. The number of ether oxygens (including phenoxy) is 2. The van der Waals surface area contributed by atoms with Crippen LogP contribution in [0, 0.1) is 5.92 Å². The van der Waals surface area contributed by atoms with E-state index >= 15 is 0 Å². The van der Waals surface area contributed by atoms with Crippen LogP contribution in [0.4, 0.5) is 10.5 Å². The van der Waals surface area contributed by atoms with E-state index in [0.717, 1.165) is 38.9 Å². The quantitative estimate of drug-likeness (QED) is 0.874. The van der Waals surface area contributed by atoms with Crippen molar-refractivity contribution in [3.63, 3.8) is 0 Å². The summed E-state index contributed by atoms with van der Waals surface area (Å²) in [5.74, 6) is -0.313. The van der Waals surface area contributed by atoms with Gasteiger partial charge in [0.05, 0.1) is 23.8 Å². The van der Waals surface area contributed by atoms with Gasteiger partial charge < -0.3 is 19.7 Å². The normalized spacial score (nSPS) is 21.7. The van der Waals surface area contributed by atoms with Crippen LogP contribution < -0.4 is 5.32 Å². The SMILES string of the molecule is CC(C)(C)OC(=O)N1CCCC(C(=O)Nc2cnn(C3CCOCC3)c2)C1. The molecule has 8 nitrogen and oxygen atoms in total. The van der Waals surface area contributed by atoms with Crippen LogP contribution in [0.25, 0.3) is 0 Å². The third kappa shape index (κ3) is 5.45. The predicted molar refractivity (Wildman–Crippen MR) is 100 cm³/mol. The van der Waals surface area contributed by atoms with Gasteiger partial charge in [-0.1, -0.05) is 0 Å². The molecule has 150 valence electrons. The molecule has 2 aliphatic rings. The fraction of sp³-hybridized carbons (Fsp3) is 0.737. The Balaban J connectivity index is 1.54. The second kappa shape index (κ2) is 8.29. The average Bonchev–Trinajstić information content (AvgIpc) is 3.09. The lowest BCUT2D eigenvalue weighted by Crippen LogP contribution is -2.45. The van der Waals surface area contributed by atoms with Crippen LogP contribution in [0.15, 0.2) is 12.4 Å². The summed E-state index contributed by atoms with van der Waals surface area (Å²) in [6.07, 6.45) is 6.62. The molecular weight excluding hydrogens is 348 g/mol. The van der Waals surface area contributed by atoms with E-state index in [0.29, 0.717) is 24.8 Å². The predicted octanol–water partition coefficient (Wildman–Crippen LogP) is 2.82. The lowest BCUT2D eigenvalue weighted by molar-refractivity contribution is -0.121.